The van der Waals surface area contributed by atoms with Gasteiger partial charge in [0.05, 0.1) is 20.9 Å². The summed E-state index contributed by atoms with van der Waals surface area (Å²) < 4.78 is 1.09. The van der Waals surface area contributed by atoms with Gasteiger partial charge in [-0.05, 0) is 35.6 Å². The molecule has 0 aliphatic rings. The van der Waals surface area contributed by atoms with E-state index >= 15 is 0 Å². The summed E-state index contributed by atoms with van der Waals surface area (Å²) >= 11 is 2.22. The summed E-state index contributed by atoms with van der Waals surface area (Å²) in [6.07, 6.45) is 1.81. The van der Waals surface area contributed by atoms with Crippen LogP contribution in [-0.2, 0) is 0 Å². The minimum Gasteiger partial charge on any atom is -0.347 e. The van der Waals surface area contributed by atoms with Crippen LogP contribution in [0.25, 0.3) is 11.0 Å². The topological polar surface area (TPSA) is 41.6 Å². The molecular weight excluding hydrogens is 253 g/mol. The Morgan fingerprint density at radius 1 is 1.55 bits per heavy atom. The fourth-order valence-electron chi connectivity index (χ4n) is 0.979. The highest BCUT2D eigenvalue weighted by Gasteiger charge is 1.98. The van der Waals surface area contributed by atoms with Crippen LogP contribution in [0.4, 0.5) is 0 Å². The maximum atomic E-state index is 4.25. The van der Waals surface area contributed by atoms with Gasteiger partial charge >= 0.3 is 0 Å². The van der Waals surface area contributed by atoms with Gasteiger partial charge < -0.3 is 4.98 Å². The first-order valence-electron chi connectivity index (χ1n) is 3.23. The Hall–Kier alpha value is -0.650. The van der Waals surface area contributed by atoms with Gasteiger partial charge in [0.1, 0.15) is 5.82 Å². The summed E-state index contributed by atoms with van der Waals surface area (Å²) in [7, 11) is 0. The molecule has 4 heteroatoms. The standard InChI is InChI=1S/C7H6IN3/c1-4-9-3-6-5(10-4)2-7(8)11-6/h2-3,11H,1H3. The second-order valence-corrected chi connectivity index (χ2v) is 3.50. The van der Waals surface area contributed by atoms with E-state index in [1.165, 1.54) is 0 Å². The number of halogens is 1. The Morgan fingerprint density at radius 3 is 3.18 bits per heavy atom. The van der Waals surface area contributed by atoms with E-state index in [0.717, 1.165) is 20.6 Å². The van der Waals surface area contributed by atoms with Crippen molar-refractivity contribution in [3.05, 3.63) is 21.8 Å². The van der Waals surface area contributed by atoms with Crippen molar-refractivity contribution in [2.45, 2.75) is 6.92 Å². The van der Waals surface area contributed by atoms with Gasteiger partial charge in [-0.1, -0.05) is 0 Å². The van der Waals surface area contributed by atoms with Crippen molar-refractivity contribution in [3.63, 3.8) is 0 Å². The van der Waals surface area contributed by atoms with Crippen LogP contribution in [0, 0.1) is 10.6 Å². The lowest BCUT2D eigenvalue weighted by molar-refractivity contribution is 1.09. The average Bonchev–Trinajstić information content (AvgIpc) is 2.27. The van der Waals surface area contributed by atoms with Crippen molar-refractivity contribution in [1.29, 1.82) is 0 Å². The van der Waals surface area contributed by atoms with Gasteiger partial charge in [0.2, 0.25) is 0 Å². The number of hydrogen-bond acceptors (Lipinski definition) is 2. The van der Waals surface area contributed by atoms with E-state index in [2.05, 4.69) is 37.5 Å². The van der Waals surface area contributed by atoms with E-state index in [-0.39, 0.29) is 0 Å². The highest BCUT2D eigenvalue weighted by atomic mass is 127. The van der Waals surface area contributed by atoms with Crippen molar-refractivity contribution >= 4 is 33.6 Å². The second-order valence-electron chi connectivity index (χ2n) is 2.33. The van der Waals surface area contributed by atoms with Crippen molar-refractivity contribution in [3.8, 4) is 0 Å². The minimum atomic E-state index is 0.813. The first-order valence-corrected chi connectivity index (χ1v) is 4.31. The van der Waals surface area contributed by atoms with Crippen LogP contribution >= 0.6 is 22.6 Å². The molecule has 0 radical (unpaired) electrons. The minimum absolute atomic E-state index is 0.813. The van der Waals surface area contributed by atoms with Crippen LogP contribution in [0.3, 0.4) is 0 Å². The molecule has 2 heterocycles. The molecule has 0 aromatic carbocycles. The molecule has 2 aromatic heterocycles. The normalized spacial score (nSPS) is 10.7. The van der Waals surface area contributed by atoms with E-state index in [0.29, 0.717) is 0 Å². The van der Waals surface area contributed by atoms with E-state index in [9.17, 15) is 0 Å². The van der Waals surface area contributed by atoms with Crippen LogP contribution in [-0.4, -0.2) is 15.0 Å². The lowest BCUT2D eigenvalue weighted by atomic mass is 10.4. The number of aromatic amines is 1. The number of rotatable bonds is 0. The lowest BCUT2D eigenvalue weighted by Crippen LogP contribution is -1.84. The first kappa shape index (κ1) is 7.02. The van der Waals surface area contributed by atoms with E-state index < -0.39 is 0 Å². The SMILES string of the molecule is Cc1ncc2[nH]c(I)cc2n1. The maximum Gasteiger partial charge on any atom is 0.126 e. The summed E-state index contributed by atoms with van der Waals surface area (Å²) in [5, 5.41) is 0. The van der Waals surface area contributed by atoms with E-state index in [1.807, 2.05) is 13.0 Å². The molecule has 0 aliphatic heterocycles. The third-order valence-corrected chi connectivity index (χ3v) is 2.04. The van der Waals surface area contributed by atoms with Crippen LogP contribution in [0.2, 0.25) is 0 Å². The number of H-pyrrole nitrogens is 1. The number of hydrogen-bond donors (Lipinski definition) is 1. The molecule has 0 saturated heterocycles. The van der Waals surface area contributed by atoms with Gasteiger partial charge in [-0.2, -0.15) is 0 Å². The summed E-state index contributed by atoms with van der Waals surface area (Å²) in [5.74, 6) is 0.813. The van der Waals surface area contributed by atoms with Crippen LogP contribution < -0.4 is 0 Å². The van der Waals surface area contributed by atoms with Gasteiger partial charge in [0, 0.05) is 0 Å². The smallest absolute Gasteiger partial charge is 0.126 e. The third-order valence-electron chi connectivity index (χ3n) is 1.46. The molecule has 2 aromatic rings. The number of aryl methyl sites for hydroxylation is 1. The van der Waals surface area contributed by atoms with Gasteiger partial charge in [-0.15, -0.1) is 0 Å². The summed E-state index contributed by atoms with van der Waals surface area (Å²) in [6, 6.07) is 2.00. The van der Waals surface area contributed by atoms with E-state index in [1.54, 1.807) is 6.20 Å². The van der Waals surface area contributed by atoms with Crippen molar-refractivity contribution in [1.82, 2.24) is 15.0 Å². The zero-order valence-corrected chi connectivity index (χ0v) is 8.08. The summed E-state index contributed by atoms with van der Waals surface area (Å²) in [4.78, 5) is 11.5. The summed E-state index contributed by atoms with van der Waals surface area (Å²) in [6.45, 7) is 1.89. The fraction of sp³-hybridized carbons (Fsp3) is 0.143. The Labute approximate surface area is 77.4 Å². The molecule has 11 heavy (non-hydrogen) atoms. The number of fused-ring (bicyclic) bond motifs is 1. The van der Waals surface area contributed by atoms with Gasteiger partial charge in [0.15, 0.2) is 0 Å². The molecule has 0 atom stereocenters. The molecule has 0 bridgehead atoms. The highest BCUT2D eigenvalue weighted by molar-refractivity contribution is 14.1. The molecule has 56 valence electrons. The lowest BCUT2D eigenvalue weighted by Gasteiger charge is -1.88. The van der Waals surface area contributed by atoms with Crippen LogP contribution in [0.15, 0.2) is 12.3 Å². The maximum absolute atomic E-state index is 4.25. The molecule has 0 spiro atoms. The van der Waals surface area contributed by atoms with Crippen molar-refractivity contribution in [2.24, 2.45) is 0 Å². The zero-order chi connectivity index (χ0) is 7.84. The van der Waals surface area contributed by atoms with Crippen LogP contribution in [0.5, 0.6) is 0 Å². The predicted molar refractivity (Wildman–Crippen MR) is 51.3 cm³/mol. The molecule has 0 unspecified atom stereocenters. The monoisotopic (exact) mass is 259 g/mol. The summed E-state index contributed by atoms with van der Waals surface area (Å²) in [5.41, 5.74) is 1.99. The molecule has 1 N–H and O–H groups in total. The van der Waals surface area contributed by atoms with Crippen molar-refractivity contribution in [2.75, 3.05) is 0 Å². The predicted octanol–water partition coefficient (Wildman–Crippen LogP) is 1.87. The molecule has 0 amide bonds. The van der Waals surface area contributed by atoms with Gasteiger partial charge in [-0.25, -0.2) is 9.97 Å². The highest BCUT2D eigenvalue weighted by Crippen LogP contribution is 2.12. The molecule has 2 rings (SSSR count). The number of nitrogens with one attached hydrogen (secondary N) is 1. The Kier molecular flexibility index (Phi) is 1.56. The Balaban J connectivity index is 2.82. The quantitative estimate of drug-likeness (QED) is 0.734. The Bertz CT molecular complexity index is 393. The van der Waals surface area contributed by atoms with Gasteiger partial charge in [-0.3, -0.25) is 0 Å². The third kappa shape index (κ3) is 1.22. The largest absolute Gasteiger partial charge is 0.347 e. The molecular formula is C7H6IN3. The van der Waals surface area contributed by atoms with E-state index in [4.69, 9.17) is 0 Å². The Morgan fingerprint density at radius 2 is 2.36 bits per heavy atom. The average molecular weight is 259 g/mol. The second kappa shape index (κ2) is 2.44. The first-order chi connectivity index (χ1) is 5.25. The number of aromatic nitrogens is 3. The zero-order valence-electron chi connectivity index (χ0n) is 5.93. The molecule has 0 saturated carbocycles. The molecule has 3 nitrogen and oxygen atoms in total. The van der Waals surface area contributed by atoms with Gasteiger partial charge in [0.25, 0.3) is 0 Å². The molecule has 0 aliphatic carbocycles. The van der Waals surface area contributed by atoms with Crippen LogP contribution in [0.1, 0.15) is 5.82 Å². The van der Waals surface area contributed by atoms with Crippen molar-refractivity contribution < 1.29 is 0 Å². The number of nitrogens with zero attached hydrogens (tertiary/aromatic N) is 2. The molecule has 0 fully saturated rings. The fourth-order valence-corrected chi connectivity index (χ4v) is 1.56.